The molecule has 5 aromatic rings. The lowest BCUT2D eigenvalue weighted by Gasteiger charge is -2.09. The van der Waals surface area contributed by atoms with Crippen LogP contribution in [0.25, 0.3) is 11.0 Å². The second-order valence-electron chi connectivity index (χ2n) is 7.33. The first-order chi connectivity index (χ1) is 16.6. The Balaban J connectivity index is 1.24. The van der Waals surface area contributed by atoms with Crippen molar-refractivity contribution < 1.29 is 19.4 Å². The number of hydrogen-bond acceptors (Lipinski definition) is 10. The van der Waals surface area contributed by atoms with E-state index in [4.69, 9.17) is 4.74 Å². The summed E-state index contributed by atoms with van der Waals surface area (Å²) in [6, 6.07) is 17.2. The van der Waals surface area contributed by atoms with Crippen molar-refractivity contribution in [3.63, 3.8) is 0 Å². The zero-order valence-corrected chi connectivity index (χ0v) is 17.5. The molecule has 0 aliphatic carbocycles. The van der Waals surface area contributed by atoms with Gasteiger partial charge in [0.1, 0.15) is 11.4 Å². The van der Waals surface area contributed by atoms with Gasteiger partial charge in [-0.1, -0.05) is 29.5 Å². The number of nitro benzene ring substituents is 1. The summed E-state index contributed by atoms with van der Waals surface area (Å²) in [6.45, 7) is 0.691. The van der Waals surface area contributed by atoms with E-state index in [0.717, 1.165) is 5.56 Å². The summed E-state index contributed by atoms with van der Waals surface area (Å²) in [5.41, 5.74) is 2.11. The highest BCUT2D eigenvalue weighted by Gasteiger charge is 2.19. The first kappa shape index (κ1) is 20.9. The van der Waals surface area contributed by atoms with E-state index in [1.807, 2.05) is 24.3 Å². The smallest absolute Gasteiger partial charge is 0.300 e. The highest BCUT2D eigenvalue weighted by molar-refractivity contribution is 5.93. The molecule has 0 radical (unpaired) electrons. The van der Waals surface area contributed by atoms with Crippen molar-refractivity contribution in [2.24, 2.45) is 0 Å². The summed E-state index contributed by atoms with van der Waals surface area (Å²) in [5, 5.41) is 40.2. The van der Waals surface area contributed by atoms with Crippen molar-refractivity contribution in [1.29, 1.82) is 0 Å². The lowest BCUT2D eigenvalue weighted by atomic mass is 10.2. The fourth-order valence-corrected chi connectivity index (χ4v) is 3.38. The molecule has 2 heterocycles. The Kier molecular flexibility index (Phi) is 5.44. The van der Waals surface area contributed by atoms with Crippen molar-refractivity contribution in [3.05, 3.63) is 88.2 Å². The topological polar surface area (TPSA) is 154 Å². The molecule has 0 spiro atoms. The average Bonchev–Trinajstić information content (AvgIpc) is 3.50. The van der Waals surface area contributed by atoms with Crippen molar-refractivity contribution >= 4 is 22.4 Å². The zero-order chi connectivity index (χ0) is 23.5. The van der Waals surface area contributed by atoms with Gasteiger partial charge in [0.15, 0.2) is 17.0 Å². The molecule has 170 valence electrons. The minimum absolute atomic E-state index is 0.0202. The Bertz CT molecular complexity index is 1470. The molecule has 0 aliphatic rings. The Morgan fingerprint density at radius 1 is 1.09 bits per heavy atom. The number of rotatable bonds is 8. The van der Waals surface area contributed by atoms with E-state index < -0.39 is 4.92 Å². The van der Waals surface area contributed by atoms with Crippen LogP contribution in [0.4, 0.5) is 11.4 Å². The second-order valence-corrected chi connectivity index (χ2v) is 7.33. The summed E-state index contributed by atoms with van der Waals surface area (Å²) in [6.07, 6.45) is 1.75. The van der Waals surface area contributed by atoms with E-state index in [2.05, 4.69) is 30.6 Å². The van der Waals surface area contributed by atoms with Gasteiger partial charge < -0.3 is 15.2 Å². The van der Waals surface area contributed by atoms with Crippen molar-refractivity contribution in [2.75, 3.05) is 5.32 Å². The van der Waals surface area contributed by atoms with Crippen LogP contribution in [-0.4, -0.2) is 35.3 Å². The van der Waals surface area contributed by atoms with E-state index in [0.29, 0.717) is 36.0 Å². The predicted octanol–water partition coefficient (Wildman–Crippen LogP) is 3.88. The van der Waals surface area contributed by atoms with Crippen molar-refractivity contribution in [3.8, 4) is 17.2 Å². The predicted molar refractivity (Wildman–Crippen MR) is 120 cm³/mol. The molecule has 3 aromatic carbocycles. The van der Waals surface area contributed by atoms with Crippen LogP contribution in [-0.2, 0) is 13.1 Å². The molecule has 0 unspecified atom stereocenters. The van der Waals surface area contributed by atoms with Gasteiger partial charge in [-0.05, 0) is 46.2 Å². The minimum Gasteiger partial charge on any atom is -0.504 e. The number of phenolic OH excluding ortho intramolecular Hbond substituents is 1. The van der Waals surface area contributed by atoms with E-state index in [-0.39, 0.29) is 22.5 Å². The summed E-state index contributed by atoms with van der Waals surface area (Å²) in [7, 11) is 0. The Morgan fingerprint density at radius 2 is 1.91 bits per heavy atom. The van der Waals surface area contributed by atoms with Crippen LogP contribution in [0.15, 0.2) is 71.5 Å². The van der Waals surface area contributed by atoms with Crippen LogP contribution in [0.2, 0.25) is 0 Å². The van der Waals surface area contributed by atoms with Gasteiger partial charge >= 0.3 is 5.69 Å². The molecule has 0 saturated heterocycles. The normalized spacial score (nSPS) is 10.9. The maximum absolute atomic E-state index is 11.1. The lowest BCUT2D eigenvalue weighted by molar-refractivity contribution is -0.383. The van der Waals surface area contributed by atoms with Gasteiger partial charge in [0.25, 0.3) is 0 Å². The lowest BCUT2D eigenvalue weighted by Crippen LogP contribution is -2.02. The van der Waals surface area contributed by atoms with Gasteiger partial charge in [-0.15, -0.1) is 5.10 Å². The molecule has 2 N–H and O–H groups in total. The van der Waals surface area contributed by atoms with Gasteiger partial charge in [0.2, 0.25) is 5.52 Å². The van der Waals surface area contributed by atoms with Crippen LogP contribution >= 0.6 is 0 Å². The van der Waals surface area contributed by atoms with Crippen molar-refractivity contribution in [2.45, 2.75) is 13.1 Å². The molecule has 0 bridgehead atoms. The quantitative estimate of drug-likeness (QED) is 0.258. The molecular weight excluding hydrogens is 442 g/mol. The summed E-state index contributed by atoms with van der Waals surface area (Å²) in [5.74, 6) is 1.01. The van der Waals surface area contributed by atoms with Gasteiger partial charge in [0, 0.05) is 6.07 Å². The first-order valence-corrected chi connectivity index (χ1v) is 10.1. The average molecular weight is 459 g/mol. The minimum atomic E-state index is -0.542. The summed E-state index contributed by atoms with van der Waals surface area (Å²) in [4.78, 5) is 10.6. The standard InChI is InChI=1S/C22H17N7O5/c30-19-10-14(6-9-20(19)33-16-4-2-1-3-5-16)12-28-13-15(24-27-28)11-23-17-7-8-18(29(31)32)22-21(17)25-34-26-22/h1-10,13,23,30H,11-12H2. The van der Waals surface area contributed by atoms with Gasteiger partial charge in [0.05, 0.1) is 29.9 Å². The van der Waals surface area contributed by atoms with E-state index in [1.54, 1.807) is 35.1 Å². The van der Waals surface area contributed by atoms with Crippen LogP contribution in [0.5, 0.6) is 17.2 Å². The fourth-order valence-electron chi connectivity index (χ4n) is 3.38. The van der Waals surface area contributed by atoms with E-state index in [9.17, 15) is 15.2 Å². The molecule has 5 rings (SSSR count). The molecule has 34 heavy (non-hydrogen) atoms. The number of benzene rings is 3. The number of fused-ring (bicyclic) bond motifs is 1. The van der Waals surface area contributed by atoms with Gasteiger partial charge in [-0.2, -0.15) is 0 Å². The molecular formula is C22H17N7O5. The van der Waals surface area contributed by atoms with Gasteiger partial charge in [-0.25, -0.2) is 9.31 Å². The monoisotopic (exact) mass is 459 g/mol. The number of ether oxygens (including phenoxy) is 1. The third-order valence-electron chi connectivity index (χ3n) is 4.98. The SMILES string of the molecule is O=[N+]([O-])c1ccc(NCc2cn(Cc3ccc(Oc4ccccc4)c(O)c3)nn2)c2nonc12. The number of phenols is 1. The molecule has 2 aromatic heterocycles. The molecule has 12 heteroatoms. The van der Waals surface area contributed by atoms with Gasteiger partial charge in [-0.3, -0.25) is 10.1 Å². The molecule has 0 atom stereocenters. The van der Waals surface area contributed by atoms with Crippen LogP contribution in [0.1, 0.15) is 11.3 Å². The third-order valence-corrected chi connectivity index (χ3v) is 4.98. The third kappa shape index (κ3) is 4.32. The highest BCUT2D eigenvalue weighted by atomic mass is 16.6. The number of hydrogen-bond donors (Lipinski definition) is 2. The van der Waals surface area contributed by atoms with E-state index in [1.165, 1.54) is 12.1 Å². The number of aromatic nitrogens is 5. The zero-order valence-electron chi connectivity index (χ0n) is 17.5. The second kappa shape index (κ2) is 8.86. The van der Waals surface area contributed by atoms with Crippen LogP contribution in [0.3, 0.4) is 0 Å². The molecule has 0 fully saturated rings. The molecule has 12 nitrogen and oxygen atoms in total. The molecule has 0 aliphatic heterocycles. The Morgan fingerprint density at radius 3 is 2.71 bits per heavy atom. The highest BCUT2D eigenvalue weighted by Crippen LogP contribution is 2.31. The van der Waals surface area contributed by atoms with Crippen LogP contribution in [0, 0.1) is 10.1 Å². The number of para-hydroxylation sites is 1. The largest absolute Gasteiger partial charge is 0.504 e. The Labute approximate surface area is 191 Å². The maximum Gasteiger partial charge on any atom is 0.300 e. The number of anilines is 1. The number of nitro groups is 1. The molecule has 0 amide bonds. The summed E-state index contributed by atoms with van der Waals surface area (Å²) >= 11 is 0. The maximum atomic E-state index is 11.1. The molecule has 0 saturated carbocycles. The van der Waals surface area contributed by atoms with Crippen molar-refractivity contribution in [1.82, 2.24) is 25.3 Å². The van der Waals surface area contributed by atoms with E-state index >= 15 is 0 Å². The van der Waals surface area contributed by atoms with Crippen LogP contribution < -0.4 is 10.1 Å². The number of nitrogens with one attached hydrogen (secondary N) is 1. The number of non-ortho nitro benzene ring substituents is 1. The number of aromatic hydroxyl groups is 1. The fraction of sp³-hybridized carbons (Fsp3) is 0.0909. The Hall–Kier alpha value is -5.00. The number of nitrogens with zero attached hydrogens (tertiary/aromatic N) is 6. The summed E-state index contributed by atoms with van der Waals surface area (Å²) < 4.78 is 12.0. The first-order valence-electron chi connectivity index (χ1n) is 10.1.